The summed E-state index contributed by atoms with van der Waals surface area (Å²) >= 11 is 0. The number of para-hydroxylation sites is 2. The number of hydrogen-bond acceptors (Lipinski definition) is 3. The summed E-state index contributed by atoms with van der Waals surface area (Å²) in [6.45, 7) is 3.37. The average Bonchev–Trinajstić information content (AvgIpc) is 2.36. The number of hydrogen-bond donors (Lipinski definition) is 1. The molecule has 0 saturated carbocycles. The third-order valence-electron chi connectivity index (χ3n) is 3.25. The Morgan fingerprint density at radius 2 is 2.05 bits per heavy atom. The van der Waals surface area contributed by atoms with E-state index in [1.54, 1.807) is 13.8 Å². The molecule has 1 aromatic carbocycles. The second-order valence-electron chi connectivity index (χ2n) is 5.26. The Kier molecular flexibility index (Phi) is 4.42. The molecule has 1 heterocycles. The predicted octanol–water partition coefficient (Wildman–Crippen LogP) is 3.13. The van der Waals surface area contributed by atoms with Gasteiger partial charge in [0.2, 0.25) is 0 Å². The minimum atomic E-state index is -4.19. The lowest BCUT2D eigenvalue weighted by molar-refractivity contribution is -0.151. The van der Waals surface area contributed by atoms with E-state index in [9.17, 15) is 13.2 Å². The van der Waals surface area contributed by atoms with Crippen molar-refractivity contribution in [3.63, 3.8) is 0 Å². The predicted molar refractivity (Wildman–Crippen MR) is 72.1 cm³/mol. The second kappa shape index (κ2) is 5.91. The van der Waals surface area contributed by atoms with E-state index in [0.29, 0.717) is 12.3 Å². The monoisotopic (exact) mass is 288 g/mol. The van der Waals surface area contributed by atoms with Gasteiger partial charge in [-0.3, -0.25) is 4.90 Å². The lowest BCUT2D eigenvalue weighted by Crippen LogP contribution is -2.47. The van der Waals surface area contributed by atoms with Crippen molar-refractivity contribution in [3.05, 3.63) is 24.3 Å². The Bertz CT molecular complexity index is 448. The van der Waals surface area contributed by atoms with Gasteiger partial charge in [0.15, 0.2) is 0 Å². The Morgan fingerprint density at radius 3 is 2.70 bits per heavy atom. The van der Waals surface area contributed by atoms with Crippen LogP contribution in [-0.4, -0.2) is 42.9 Å². The van der Waals surface area contributed by atoms with E-state index >= 15 is 0 Å². The second-order valence-corrected chi connectivity index (χ2v) is 5.26. The van der Waals surface area contributed by atoms with Crippen LogP contribution in [0.3, 0.4) is 0 Å². The van der Waals surface area contributed by atoms with E-state index in [1.165, 1.54) is 4.90 Å². The van der Waals surface area contributed by atoms with Gasteiger partial charge < -0.3 is 10.1 Å². The first kappa shape index (κ1) is 15.0. The zero-order valence-corrected chi connectivity index (χ0v) is 11.6. The van der Waals surface area contributed by atoms with Crippen molar-refractivity contribution >= 4 is 5.69 Å². The van der Waals surface area contributed by atoms with Crippen molar-refractivity contribution in [1.29, 1.82) is 0 Å². The van der Waals surface area contributed by atoms with Crippen LogP contribution in [0.15, 0.2) is 24.3 Å². The molecule has 0 fully saturated rings. The molecule has 0 aliphatic carbocycles. The van der Waals surface area contributed by atoms with Crippen molar-refractivity contribution in [2.24, 2.45) is 0 Å². The fourth-order valence-corrected chi connectivity index (χ4v) is 2.21. The van der Waals surface area contributed by atoms with Gasteiger partial charge in [0.05, 0.1) is 18.8 Å². The van der Waals surface area contributed by atoms with E-state index in [-0.39, 0.29) is 18.7 Å². The number of rotatable bonds is 4. The van der Waals surface area contributed by atoms with Crippen LogP contribution in [0.1, 0.15) is 13.8 Å². The topological polar surface area (TPSA) is 24.5 Å². The molecule has 0 aromatic heterocycles. The maximum atomic E-state index is 12.6. The summed E-state index contributed by atoms with van der Waals surface area (Å²) in [5, 5.41) is 3.19. The minimum absolute atomic E-state index is 0.183. The number of halogens is 3. The normalized spacial score (nSPS) is 18.6. The van der Waals surface area contributed by atoms with E-state index in [4.69, 9.17) is 4.74 Å². The van der Waals surface area contributed by atoms with Crippen LogP contribution in [0.2, 0.25) is 0 Å². The molecular formula is C14H19F3N2O. The first-order chi connectivity index (χ1) is 9.35. The highest BCUT2D eigenvalue weighted by atomic mass is 19.4. The highest BCUT2D eigenvalue weighted by Crippen LogP contribution is 2.29. The summed E-state index contributed by atoms with van der Waals surface area (Å²) in [5.74, 6) is 0.694. The molecule has 0 spiro atoms. The summed E-state index contributed by atoms with van der Waals surface area (Å²) in [4.78, 5) is 1.39. The van der Waals surface area contributed by atoms with Gasteiger partial charge in [0.25, 0.3) is 0 Å². The van der Waals surface area contributed by atoms with Crippen molar-refractivity contribution < 1.29 is 17.9 Å². The third kappa shape index (κ3) is 4.03. The van der Waals surface area contributed by atoms with Gasteiger partial charge in [0.1, 0.15) is 11.9 Å². The van der Waals surface area contributed by atoms with Crippen LogP contribution < -0.4 is 10.1 Å². The maximum absolute atomic E-state index is 12.6. The van der Waals surface area contributed by atoms with Crippen molar-refractivity contribution in [2.45, 2.75) is 32.2 Å². The SMILES string of the molecule is CC(C)N(CC1CNc2ccccc2O1)CC(F)(F)F. The van der Waals surface area contributed by atoms with Gasteiger partial charge >= 0.3 is 6.18 Å². The lowest BCUT2D eigenvalue weighted by atomic mass is 10.2. The molecule has 1 aromatic rings. The molecule has 0 saturated heterocycles. The molecule has 1 N–H and O–H groups in total. The van der Waals surface area contributed by atoms with E-state index in [0.717, 1.165) is 5.69 Å². The van der Waals surface area contributed by atoms with Crippen LogP contribution in [0, 0.1) is 0 Å². The average molecular weight is 288 g/mol. The minimum Gasteiger partial charge on any atom is -0.485 e. The van der Waals surface area contributed by atoms with Gasteiger partial charge in [-0.1, -0.05) is 12.1 Å². The number of alkyl halides is 3. The van der Waals surface area contributed by atoms with Gasteiger partial charge in [-0.15, -0.1) is 0 Å². The van der Waals surface area contributed by atoms with E-state index in [1.807, 2.05) is 24.3 Å². The van der Waals surface area contributed by atoms with Gasteiger partial charge in [-0.25, -0.2) is 0 Å². The Balaban J connectivity index is 1.99. The molecule has 1 unspecified atom stereocenters. The largest absolute Gasteiger partial charge is 0.485 e. The van der Waals surface area contributed by atoms with Gasteiger partial charge in [0, 0.05) is 12.6 Å². The molecule has 2 rings (SSSR count). The number of nitrogens with one attached hydrogen (secondary N) is 1. The zero-order chi connectivity index (χ0) is 14.8. The molecular weight excluding hydrogens is 269 g/mol. The number of benzene rings is 1. The molecule has 1 atom stereocenters. The van der Waals surface area contributed by atoms with Crippen molar-refractivity contribution in [2.75, 3.05) is 25.0 Å². The Labute approximate surface area is 116 Å². The fraction of sp³-hybridized carbons (Fsp3) is 0.571. The Hall–Kier alpha value is -1.43. The summed E-state index contributed by atoms with van der Waals surface area (Å²) in [7, 11) is 0. The van der Waals surface area contributed by atoms with Crippen molar-refractivity contribution in [3.8, 4) is 5.75 Å². The molecule has 0 radical (unpaired) electrons. The van der Waals surface area contributed by atoms with Crippen LogP contribution in [-0.2, 0) is 0 Å². The molecule has 0 amide bonds. The zero-order valence-electron chi connectivity index (χ0n) is 11.6. The molecule has 20 heavy (non-hydrogen) atoms. The lowest BCUT2D eigenvalue weighted by Gasteiger charge is -2.34. The quantitative estimate of drug-likeness (QED) is 0.921. The van der Waals surface area contributed by atoms with Crippen LogP contribution in [0.4, 0.5) is 18.9 Å². The maximum Gasteiger partial charge on any atom is 0.401 e. The first-order valence-corrected chi connectivity index (χ1v) is 6.65. The fourth-order valence-electron chi connectivity index (χ4n) is 2.21. The summed E-state index contributed by atoms with van der Waals surface area (Å²) in [6.07, 6.45) is -4.47. The number of anilines is 1. The summed E-state index contributed by atoms with van der Waals surface area (Å²) < 4.78 is 43.4. The standard InChI is InChI=1S/C14H19F3N2O/c1-10(2)19(9-14(15,16)17)8-11-7-18-12-5-3-4-6-13(12)20-11/h3-6,10-11,18H,7-9H2,1-2H3. The number of nitrogens with zero attached hydrogens (tertiary/aromatic N) is 1. The third-order valence-corrected chi connectivity index (χ3v) is 3.25. The Morgan fingerprint density at radius 1 is 1.35 bits per heavy atom. The molecule has 0 bridgehead atoms. The highest BCUT2D eigenvalue weighted by molar-refractivity contribution is 5.57. The van der Waals surface area contributed by atoms with Crippen LogP contribution in [0.5, 0.6) is 5.75 Å². The molecule has 1 aliphatic heterocycles. The number of fused-ring (bicyclic) bond motifs is 1. The molecule has 3 nitrogen and oxygen atoms in total. The highest BCUT2D eigenvalue weighted by Gasteiger charge is 2.33. The first-order valence-electron chi connectivity index (χ1n) is 6.65. The summed E-state index contributed by atoms with van der Waals surface area (Å²) in [5.41, 5.74) is 0.885. The molecule has 1 aliphatic rings. The van der Waals surface area contributed by atoms with Crippen LogP contribution >= 0.6 is 0 Å². The number of ether oxygens (including phenoxy) is 1. The van der Waals surface area contributed by atoms with E-state index in [2.05, 4.69) is 5.32 Å². The smallest absolute Gasteiger partial charge is 0.401 e. The van der Waals surface area contributed by atoms with E-state index < -0.39 is 12.7 Å². The summed E-state index contributed by atoms with van der Waals surface area (Å²) in [6, 6.07) is 7.26. The van der Waals surface area contributed by atoms with Crippen molar-refractivity contribution in [1.82, 2.24) is 4.90 Å². The molecule has 112 valence electrons. The van der Waals surface area contributed by atoms with Crippen LogP contribution in [0.25, 0.3) is 0 Å². The van der Waals surface area contributed by atoms with Gasteiger partial charge in [-0.05, 0) is 26.0 Å². The van der Waals surface area contributed by atoms with Gasteiger partial charge in [-0.2, -0.15) is 13.2 Å². The molecule has 6 heteroatoms.